The Morgan fingerprint density at radius 1 is 1.62 bits per heavy atom. The Kier molecular flexibility index (Phi) is 4.33. The van der Waals surface area contributed by atoms with Crippen molar-refractivity contribution in [3.8, 4) is 6.07 Å². The first-order valence-corrected chi connectivity index (χ1v) is 6.54. The van der Waals surface area contributed by atoms with Gasteiger partial charge in [0.15, 0.2) is 0 Å². The molecule has 1 aliphatic rings. The molecule has 0 bridgehead atoms. The van der Waals surface area contributed by atoms with Gasteiger partial charge in [-0.15, -0.1) is 0 Å². The van der Waals surface area contributed by atoms with Crippen molar-refractivity contribution in [2.75, 3.05) is 11.9 Å². The van der Waals surface area contributed by atoms with E-state index in [0.29, 0.717) is 13.0 Å². The smallest absolute Gasteiger partial charge is 0.312 e. The molecule has 1 aromatic rings. The van der Waals surface area contributed by atoms with E-state index in [1.165, 1.54) is 6.20 Å². The van der Waals surface area contributed by atoms with Crippen molar-refractivity contribution in [1.82, 2.24) is 4.98 Å². The van der Waals surface area contributed by atoms with Crippen molar-refractivity contribution < 1.29 is 14.8 Å². The molecule has 2 rings (SSSR count). The van der Waals surface area contributed by atoms with Crippen molar-refractivity contribution in [3.63, 3.8) is 0 Å². The van der Waals surface area contributed by atoms with E-state index in [1.807, 2.05) is 0 Å². The Hall–Kier alpha value is -2.69. The fourth-order valence-corrected chi connectivity index (χ4v) is 2.62. The minimum Gasteiger partial charge on any atom is -0.481 e. The van der Waals surface area contributed by atoms with Crippen LogP contribution in [0.2, 0.25) is 0 Å². The molecule has 8 nitrogen and oxygen atoms in total. The molecule has 0 spiro atoms. The summed E-state index contributed by atoms with van der Waals surface area (Å²) in [6, 6.07) is 2.95. The molecule has 110 valence electrons. The summed E-state index contributed by atoms with van der Waals surface area (Å²) in [5.41, 5.74) is -0.171. The summed E-state index contributed by atoms with van der Waals surface area (Å²) in [4.78, 5) is 25.3. The van der Waals surface area contributed by atoms with E-state index < -0.39 is 16.8 Å². The predicted molar refractivity (Wildman–Crippen MR) is 72.6 cm³/mol. The van der Waals surface area contributed by atoms with Crippen LogP contribution < -0.4 is 5.32 Å². The second-order valence-corrected chi connectivity index (χ2v) is 4.98. The molecule has 21 heavy (non-hydrogen) atoms. The molecule has 2 unspecified atom stereocenters. The summed E-state index contributed by atoms with van der Waals surface area (Å²) in [6.45, 7) is 0.316. The number of pyridine rings is 1. The van der Waals surface area contributed by atoms with E-state index in [2.05, 4.69) is 10.3 Å². The molecular formula is C13H14N4O4. The van der Waals surface area contributed by atoms with Crippen LogP contribution in [0.15, 0.2) is 12.3 Å². The van der Waals surface area contributed by atoms with Gasteiger partial charge in [0.1, 0.15) is 6.07 Å². The minimum absolute atomic E-state index is 0.0649. The van der Waals surface area contributed by atoms with Gasteiger partial charge in [-0.25, -0.2) is 4.98 Å². The largest absolute Gasteiger partial charge is 0.481 e. The molecule has 0 aliphatic heterocycles. The summed E-state index contributed by atoms with van der Waals surface area (Å²) >= 11 is 0. The topological polar surface area (TPSA) is 129 Å². The highest BCUT2D eigenvalue weighted by molar-refractivity contribution is 5.71. The molecule has 1 heterocycles. The molecule has 0 saturated heterocycles. The fourth-order valence-electron chi connectivity index (χ4n) is 2.62. The zero-order valence-corrected chi connectivity index (χ0v) is 11.2. The molecule has 2 N–H and O–H groups in total. The molecule has 2 atom stereocenters. The zero-order chi connectivity index (χ0) is 15.4. The van der Waals surface area contributed by atoms with Crippen molar-refractivity contribution >= 4 is 17.5 Å². The first kappa shape index (κ1) is 14.7. The van der Waals surface area contributed by atoms with Gasteiger partial charge in [0, 0.05) is 18.8 Å². The van der Waals surface area contributed by atoms with Crippen LogP contribution in [-0.2, 0) is 4.79 Å². The lowest BCUT2D eigenvalue weighted by Crippen LogP contribution is -2.25. The Labute approximate surface area is 120 Å². The number of anilines is 1. The highest BCUT2D eigenvalue weighted by Gasteiger charge is 2.33. The van der Waals surface area contributed by atoms with Gasteiger partial charge >= 0.3 is 11.7 Å². The summed E-state index contributed by atoms with van der Waals surface area (Å²) in [6.07, 6.45) is 3.49. The predicted octanol–water partition coefficient (Wildman–Crippen LogP) is 1.77. The monoisotopic (exact) mass is 290 g/mol. The van der Waals surface area contributed by atoms with Crippen LogP contribution in [0.3, 0.4) is 0 Å². The fraction of sp³-hybridized carbons (Fsp3) is 0.462. The van der Waals surface area contributed by atoms with Crippen LogP contribution in [0, 0.1) is 33.3 Å². The number of nitrogens with zero attached hydrogens (tertiary/aromatic N) is 3. The number of hydrogen-bond acceptors (Lipinski definition) is 6. The Morgan fingerprint density at radius 2 is 2.38 bits per heavy atom. The van der Waals surface area contributed by atoms with E-state index in [0.717, 1.165) is 18.9 Å². The van der Waals surface area contributed by atoms with Crippen LogP contribution in [0.1, 0.15) is 24.8 Å². The number of rotatable bonds is 5. The molecule has 8 heteroatoms. The summed E-state index contributed by atoms with van der Waals surface area (Å²) in [5, 5.41) is 31.7. The zero-order valence-electron chi connectivity index (χ0n) is 11.2. The molecule has 0 amide bonds. The number of carbonyl (C=O) groups is 1. The number of aliphatic carboxylic acids is 1. The number of carboxylic acids is 1. The lowest BCUT2D eigenvalue weighted by Gasteiger charge is -2.16. The van der Waals surface area contributed by atoms with Crippen molar-refractivity contribution in [3.05, 3.63) is 27.9 Å². The second kappa shape index (κ2) is 6.17. The minimum atomic E-state index is -0.832. The first-order valence-electron chi connectivity index (χ1n) is 6.54. The van der Waals surface area contributed by atoms with Crippen molar-refractivity contribution in [2.24, 2.45) is 11.8 Å². The number of nitro groups is 1. The molecule has 1 aliphatic carbocycles. The molecule has 1 aromatic heterocycles. The van der Waals surface area contributed by atoms with Crippen molar-refractivity contribution in [1.29, 1.82) is 5.26 Å². The first-order chi connectivity index (χ1) is 10.0. The molecule has 0 aromatic carbocycles. The maximum atomic E-state index is 11.1. The number of nitriles is 1. The number of carboxylic acid groups (broad SMARTS) is 1. The lowest BCUT2D eigenvalue weighted by molar-refractivity contribution is -0.384. The van der Waals surface area contributed by atoms with E-state index >= 15 is 0 Å². The van der Waals surface area contributed by atoms with Gasteiger partial charge in [-0.1, -0.05) is 6.42 Å². The normalized spacial score (nSPS) is 20.7. The van der Waals surface area contributed by atoms with Gasteiger partial charge in [-0.3, -0.25) is 14.9 Å². The Bertz CT molecular complexity index is 611. The quantitative estimate of drug-likeness (QED) is 0.624. The van der Waals surface area contributed by atoms with E-state index in [9.17, 15) is 14.9 Å². The van der Waals surface area contributed by atoms with Crippen LogP contribution in [-0.4, -0.2) is 27.5 Å². The van der Waals surface area contributed by atoms with Crippen LogP contribution in [0.5, 0.6) is 0 Å². The molecule has 1 saturated carbocycles. The second-order valence-electron chi connectivity index (χ2n) is 4.98. The van der Waals surface area contributed by atoms with Gasteiger partial charge in [0.05, 0.1) is 16.4 Å². The summed E-state index contributed by atoms with van der Waals surface area (Å²) in [7, 11) is 0. The number of aromatic nitrogens is 1. The highest BCUT2D eigenvalue weighted by Crippen LogP contribution is 2.32. The van der Waals surface area contributed by atoms with Crippen LogP contribution >= 0.6 is 0 Å². The third kappa shape index (κ3) is 3.25. The maximum absolute atomic E-state index is 11.1. The highest BCUT2D eigenvalue weighted by atomic mass is 16.6. The SMILES string of the molecule is N#Cc1cnc(NCC2CCCC2C(=O)O)c([N+](=O)[O-])c1. The Balaban J connectivity index is 2.11. The molecule has 1 fully saturated rings. The van der Waals surface area contributed by atoms with Gasteiger partial charge in [-0.05, 0) is 18.8 Å². The van der Waals surface area contributed by atoms with Gasteiger partial charge in [0.25, 0.3) is 0 Å². The van der Waals surface area contributed by atoms with Gasteiger partial charge in [-0.2, -0.15) is 5.26 Å². The summed E-state index contributed by atoms with van der Waals surface area (Å²) in [5.74, 6) is -1.26. The van der Waals surface area contributed by atoms with Gasteiger partial charge in [0.2, 0.25) is 5.82 Å². The average Bonchev–Trinajstić information content (AvgIpc) is 2.93. The third-order valence-electron chi connectivity index (χ3n) is 3.70. The molecule has 0 radical (unpaired) electrons. The third-order valence-corrected chi connectivity index (χ3v) is 3.70. The molecular weight excluding hydrogens is 276 g/mol. The van der Waals surface area contributed by atoms with Crippen LogP contribution in [0.4, 0.5) is 11.5 Å². The van der Waals surface area contributed by atoms with Crippen molar-refractivity contribution in [2.45, 2.75) is 19.3 Å². The maximum Gasteiger partial charge on any atom is 0.312 e. The van der Waals surface area contributed by atoms with E-state index in [-0.39, 0.29) is 23.0 Å². The lowest BCUT2D eigenvalue weighted by atomic mass is 9.96. The standard InChI is InChI=1S/C13H14N4O4/c14-5-8-4-11(17(20)21)12(15-6-8)16-7-9-2-1-3-10(9)13(18)19/h4,6,9-10H,1-3,7H2,(H,15,16)(H,18,19). The summed E-state index contributed by atoms with van der Waals surface area (Å²) < 4.78 is 0. The van der Waals surface area contributed by atoms with Gasteiger partial charge < -0.3 is 10.4 Å². The van der Waals surface area contributed by atoms with E-state index in [1.54, 1.807) is 6.07 Å². The Morgan fingerprint density at radius 3 is 3.00 bits per heavy atom. The average molecular weight is 290 g/mol. The number of nitrogens with one attached hydrogen (secondary N) is 1. The van der Waals surface area contributed by atoms with E-state index in [4.69, 9.17) is 10.4 Å². The number of hydrogen-bond donors (Lipinski definition) is 2. The van der Waals surface area contributed by atoms with Crippen LogP contribution in [0.25, 0.3) is 0 Å².